The summed E-state index contributed by atoms with van der Waals surface area (Å²) in [6.07, 6.45) is 2.29. The van der Waals surface area contributed by atoms with Crippen LogP contribution in [-0.2, 0) is 11.2 Å². The van der Waals surface area contributed by atoms with Crippen molar-refractivity contribution in [2.45, 2.75) is 37.8 Å². The van der Waals surface area contributed by atoms with Gasteiger partial charge in [0.05, 0.1) is 6.04 Å². The van der Waals surface area contributed by atoms with E-state index < -0.39 is 0 Å². The monoisotopic (exact) mass is 366 g/mol. The molecule has 2 atom stereocenters. The molecule has 2 N–H and O–H groups in total. The first-order chi connectivity index (χ1) is 12.9. The van der Waals surface area contributed by atoms with Gasteiger partial charge in [-0.15, -0.1) is 0 Å². The third-order valence-electron chi connectivity index (χ3n) is 5.20. The number of ketones is 1. The highest BCUT2D eigenvalue weighted by Crippen LogP contribution is 2.30. The lowest BCUT2D eigenvalue weighted by Gasteiger charge is -2.24. The molecule has 0 saturated carbocycles. The Kier molecular flexibility index (Phi) is 5.91. The first-order valence-electron chi connectivity index (χ1n) is 9.30. The van der Waals surface area contributed by atoms with Gasteiger partial charge in [-0.1, -0.05) is 36.4 Å². The maximum atomic E-state index is 12.5. The van der Waals surface area contributed by atoms with Gasteiger partial charge in [0.1, 0.15) is 5.75 Å². The Morgan fingerprint density at radius 3 is 2.59 bits per heavy atom. The number of aromatic hydroxyl groups is 1. The highest BCUT2D eigenvalue weighted by Gasteiger charge is 2.29. The Labute approximate surface area is 160 Å². The SMILES string of the molecule is CN(C)[C@H](CCC(=O)NC1CC(=O)c2ccccc21)Cc1ccc(O)cc1. The quantitative estimate of drug-likeness (QED) is 0.790. The van der Waals surface area contributed by atoms with Gasteiger partial charge in [-0.3, -0.25) is 9.59 Å². The fourth-order valence-electron chi connectivity index (χ4n) is 3.60. The van der Waals surface area contributed by atoms with Gasteiger partial charge in [0.25, 0.3) is 0 Å². The van der Waals surface area contributed by atoms with Crippen LogP contribution in [0.3, 0.4) is 0 Å². The number of phenols is 1. The highest BCUT2D eigenvalue weighted by molar-refractivity contribution is 6.01. The summed E-state index contributed by atoms with van der Waals surface area (Å²) in [7, 11) is 4.02. The molecule has 0 radical (unpaired) electrons. The van der Waals surface area contributed by atoms with Crippen molar-refractivity contribution < 1.29 is 14.7 Å². The number of nitrogens with one attached hydrogen (secondary N) is 1. The molecule has 0 saturated heterocycles. The van der Waals surface area contributed by atoms with Crippen LogP contribution in [0.5, 0.6) is 5.75 Å². The zero-order valence-corrected chi connectivity index (χ0v) is 15.8. The molecule has 2 aromatic rings. The summed E-state index contributed by atoms with van der Waals surface area (Å²) < 4.78 is 0. The number of fused-ring (bicyclic) bond motifs is 1. The molecule has 0 heterocycles. The van der Waals surface area contributed by atoms with Crippen molar-refractivity contribution in [2.75, 3.05) is 14.1 Å². The summed E-state index contributed by atoms with van der Waals surface area (Å²) in [5, 5.41) is 12.4. The fraction of sp³-hybridized carbons (Fsp3) is 0.364. The molecule has 27 heavy (non-hydrogen) atoms. The summed E-state index contributed by atoms with van der Waals surface area (Å²) in [6, 6.07) is 14.7. The minimum Gasteiger partial charge on any atom is -0.508 e. The van der Waals surface area contributed by atoms with Crippen LogP contribution in [0.25, 0.3) is 0 Å². The molecule has 0 aliphatic heterocycles. The minimum absolute atomic E-state index is 0.0259. The molecule has 1 aliphatic rings. The molecule has 0 aromatic heterocycles. The smallest absolute Gasteiger partial charge is 0.220 e. The molecule has 5 heteroatoms. The molecule has 3 rings (SSSR count). The number of rotatable bonds is 7. The molecule has 2 aromatic carbocycles. The third kappa shape index (κ3) is 4.74. The number of hydrogen-bond acceptors (Lipinski definition) is 4. The van der Waals surface area contributed by atoms with Crippen LogP contribution >= 0.6 is 0 Å². The van der Waals surface area contributed by atoms with Gasteiger partial charge < -0.3 is 15.3 Å². The van der Waals surface area contributed by atoms with E-state index in [9.17, 15) is 14.7 Å². The van der Waals surface area contributed by atoms with E-state index in [4.69, 9.17) is 0 Å². The Balaban J connectivity index is 1.55. The van der Waals surface area contributed by atoms with Crippen LogP contribution in [0.4, 0.5) is 0 Å². The van der Waals surface area contributed by atoms with E-state index in [1.807, 2.05) is 50.5 Å². The predicted octanol–water partition coefficient (Wildman–Crippen LogP) is 3.09. The van der Waals surface area contributed by atoms with Gasteiger partial charge in [-0.2, -0.15) is 0 Å². The average molecular weight is 366 g/mol. The third-order valence-corrected chi connectivity index (χ3v) is 5.20. The molecule has 0 bridgehead atoms. The lowest BCUT2D eigenvalue weighted by Crippen LogP contribution is -2.33. The molecule has 142 valence electrons. The Hall–Kier alpha value is -2.66. The van der Waals surface area contributed by atoms with Crippen molar-refractivity contribution in [3.8, 4) is 5.75 Å². The minimum atomic E-state index is -0.212. The molecule has 1 aliphatic carbocycles. The number of phenolic OH excluding ortho intramolecular Hbond substituents is 1. The Morgan fingerprint density at radius 1 is 1.19 bits per heavy atom. The number of carbonyl (C=O) groups excluding carboxylic acids is 2. The van der Waals surface area contributed by atoms with Crippen LogP contribution in [-0.4, -0.2) is 41.8 Å². The van der Waals surface area contributed by atoms with Gasteiger partial charge >= 0.3 is 0 Å². The van der Waals surface area contributed by atoms with Crippen molar-refractivity contribution >= 4 is 11.7 Å². The van der Waals surface area contributed by atoms with Crippen LogP contribution < -0.4 is 5.32 Å². The number of hydrogen-bond donors (Lipinski definition) is 2. The number of carbonyl (C=O) groups is 2. The molecule has 0 spiro atoms. The van der Waals surface area contributed by atoms with Crippen molar-refractivity contribution in [3.05, 3.63) is 65.2 Å². The van der Waals surface area contributed by atoms with E-state index in [0.29, 0.717) is 12.8 Å². The lowest BCUT2D eigenvalue weighted by molar-refractivity contribution is -0.122. The van der Waals surface area contributed by atoms with E-state index in [2.05, 4.69) is 10.2 Å². The maximum Gasteiger partial charge on any atom is 0.220 e. The summed E-state index contributed by atoms with van der Waals surface area (Å²) in [6.45, 7) is 0. The Morgan fingerprint density at radius 2 is 1.89 bits per heavy atom. The first-order valence-corrected chi connectivity index (χ1v) is 9.30. The first kappa shape index (κ1) is 19.1. The Bertz CT molecular complexity index is 815. The number of Topliss-reactive ketones (excluding diaryl/α,β-unsaturated/α-hetero) is 1. The molecule has 5 nitrogen and oxygen atoms in total. The lowest BCUT2D eigenvalue weighted by atomic mass is 10.0. The van der Waals surface area contributed by atoms with Crippen LogP contribution in [0.2, 0.25) is 0 Å². The van der Waals surface area contributed by atoms with Gasteiger partial charge in [0.2, 0.25) is 5.91 Å². The summed E-state index contributed by atoms with van der Waals surface area (Å²) in [5.74, 6) is 0.322. The van der Waals surface area contributed by atoms with E-state index in [0.717, 1.165) is 29.5 Å². The zero-order valence-electron chi connectivity index (χ0n) is 15.8. The molecule has 1 unspecified atom stereocenters. The summed E-state index contributed by atoms with van der Waals surface area (Å²) in [5.41, 5.74) is 2.77. The van der Waals surface area contributed by atoms with Crippen molar-refractivity contribution in [1.29, 1.82) is 0 Å². The second kappa shape index (κ2) is 8.35. The summed E-state index contributed by atoms with van der Waals surface area (Å²) in [4.78, 5) is 26.6. The van der Waals surface area contributed by atoms with Crippen molar-refractivity contribution in [1.82, 2.24) is 10.2 Å². The molecular formula is C22H26N2O3. The van der Waals surface area contributed by atoms with Crippen molar-refractivity contribution in [3.63, 3.8) is 0 Å². The second-order valence-electron chi connectivity index (χ2n) is 7.36. The number of likely N-dealkylation sites (N-methyl/N-ethyl adjacent to an activating group) is 1. The van der Waals surface area contributed by atoms with Crippen LogP contribution in [0.15, 0.2) is 48.5 Å². The van der Waals surface area contributed by atoms with E-state index in [-0.39, 0.29) is 29.5 Å². The maximum absolute atomic E-state index is 12.5. The van der Waals surface area contributed by atoms with Crippen LogP contribution in [0, 0.1) is 0 Å². The van der Waals surface area contributed by atoms with E-state index in [1.165, 1.54) is 0 Å². The number of amides is 1. The van der Waals surface area contributed by atoms with Crippen molar-refractivity contribution in [2.24, 2.45) is 0 Å². The fourth-order valence-corrected chi connectivity index (χ4v) is 3.60. The number of nitrogens with zero attached hydrogens (tertiary/aromatic N) is 1. The second-order valence-corrected chi connectivity index (χ2v) is 7.36. The van der Waals surface area contributed by atoms with E-state index in [1.54, 1.807) is 12.1 Å². The topological polar surface area (TPSA) is 69.6 Å². The highest BCUT2D eigenvalue weighted by atomic mass is 16.3. The van der Waals surface area contributed by atoms with Gasteiger partial charge in [-0.05, 0) is 50.2 Å². The standard InChI is InChI=1S/C22H26N2O3/c1-24(2)16(13-15-7-10-17(25)11-8-15)9-12-22(27)23-20-14-21(26)19-6-4-3-5-18(19)20/h3-8,10-11,16,20,25H,9,12-14H2,1-2H3,(H,23,27)/t16-,20?/m1/s1. The van der Waals surface area contributed by atoms with Gasteiger partial charge in [-0.25, -0.2) is 0 Å². The molecule has 1 amide bonds. The average Bonchev–Trinajstić information content (AvgIpc) is 2.96. The van der Waals surface area contributed by atoms with Gasteiger partial charge in [0, 0.05) is 24.4 Å². The summed E-state index contributed by atoms with van der Waals surface area (Å²) >= 11 is 0. The van der Waals surface area contributed by atoms with E-state index >= 15 is 0 Å². The zero-order chi connectivity index (χ0) is 19.4. The predicted molar refractivity (Wildman–Crippen MR) is 105 cm³/mol. The number of benzene rings is 2. The largest absolute Gasteiger partial charge is 0.508 e. The normalized spacial score (nSPS) is 17.0. The molecule has 0 fully saturated rings. The molecular weight excluding hydrogens is 340 g/mol. The van der Waals surface area contributed by atoms with Crippen LogP contribution in [0.1, 0.15) is 46.8 Å². The van der Waals surface area contributed by atoms with Gasteiger partial charge in [0.15, 0.2) is 5.78 Å².